The van der Waals surface area contributed by atoms with Crippen LogP contribution in [-0.4, -0.2) is 81.0 Å². The lowest BCUT2D eigenvalue weighted by Crippen LogP contribution is -2.30. The van der Waals surface area contributed by atoms with Crippen molar-refractivity contribution in [1.29, 1.82) is 0 Å². The first kappa shape index (κ1) is 53.6. The lowest BCUT2D eigenvalue weighted by Gasteiger charge is -2.22. The lowest BCUT2D eigenvalue weighted by atomic mass is 9.85. The summed E-state index contributed by atoms with van der Waals surface area (Å²) in [5.74, 6) is -1.37. The molecule has 1 saturated heterocycles. The number of carbonyl (C=O) groups is 3. The van der Waals surface area contributed by atoms with E-state index in [-0.39, 0.29) is 41.5 Å². The van der Waals surface area contributed by atoms with Crippen LogP contribution in [0.25, 0.3) is 0 Å². The van der Waals surface area contributed by atoms with E-state index in [1.165, 1.54) is 27.1 Å². The number of aliphatic hydroxyl groups is 2. The first-order valence-corrected chi connectivity index (χ1v) is 20.9. The number of aromatic carboxylic acids is 1. The Morgan fingerprint density at radius 2 is 1.02 bits per heavy atom. The van der Waals surface area contributed by atoms with E-state index in [1.54, 1.807) is 24.3 Å². The number of carboxylic acid groups (broad SMARTS) is 1. The van der Waals surface area contributed by atoms with Crippen molar-refractivity contribution in [2.24, 2.45) is 0 Å². The SMILES string of the molecule is C1CCOC1.CC(C)(CO)c1ccc(Br)cc1.CC(C)(CO)c1ccc(C(=O)O)cc1.COC(=O)C(C)(C)c1ccc(Br)cc1.COC(=O)Cc1ccc(Br)cc1.[2H]CF. The maximum absolute atomic E-state index is 11.5. The van der Waals surface area contributed by atoms with Crippen LogP contribution in [0.15, 0.2) is 110 Å². The molecule has 0 spiro atoms. The predicted octanol–water partition coefficient (Wildman–Crippen LogP) is 10.8. The summed E-state index contributed by atoms with van der Waals surface area (Å²) in [6.07, 6.45) is 2.89. The van der Waals surface area contributed by atoms with Crippen molar-refractivity contribution in [1.82, 2.24) is 0 Å². The number of ether oxygens (including phenoxy) is 3. The zero-order valence-corrected chi connectivity index (χ0v) is 40.0. The number of halogens is 4. The van der Waals surface area contributed by atoms with E-state index >= 15 is 0 Å². The van der Waals surface area contributed by atoms with Crippen molar-refractivity contribution < 1.29 is 49.7 Å². The molecule has 1 aliphatic rings. The Kier molecular flexibility index (Phi) is 26.2. The van der Waals surface area contributed by atoms with Gasteiger partial charge in [0.05, 0.1) is 53.4 Å². The molecule has 0 amide bonds. The molecule has 0 atom stereocenters. The van der Waals surface area contributed by atoms with E-state index in [4.69, 9.17) is 26.2 Å². The highest BCUT2D eigenvalue weighted by molar-refractivity contribution is 9.11. The minimum Gasteiger partial charge on any atom is -0.478 e. The Morgan fingerprint density at radius 3 is 1.32 bits per heavy atom. The Labute approximate surface area is 376 Å². The molecule has 3 N–H and O–H groups in total. The van der Waals surface area contributed by atoms with Gasteiger partial charge in [0.1, 0.15) is 0 Å². The van der Waals surface area contributed by atoms with Gasteiger partial charge >= 0.3 is 17.9 Å². The number of methoxy groups -OCH3 is 2. The van der Waals surface area contributed by atoms with E-state index in [1.807, 2.05) is 114 Å². The van der Waals surface area contributed by atoms with Gasteiger partial charge in [-0.1, -0.05) is 124 Å². The first-order chi connectivity index (χ1) is 28.1. The van der Waals surface area contributed by atoms with Gasteiger partial charge in [0.15, 0.2) is 0 Å². The van der Waals surface area contributed by atoms with Gasteiger partial charge in [-0.25, -0.2) is 4.79 Å². The molecule has 0 bridgehead atoms. The van der Waals surface area contributed by atoms with Gasteiger partial charge in [0, 0.05) is 37.5 Å². The lowest BCUT2D eigenvalue weighted by molar-refractivity contribution is -0.146. The molecule has 326 valence electrons. The molecule has 1 heterocycles. The van der Waals surface area contributed by atoms with E-state index < -0.39 is 18.5 Å². The topological polar surface area (TPSA) is 140 Å². The Morgan fingerprint density at radius 1 is 0.661 bits per heavy atom. The van der Waals surface area contributed by atoms with E-state index in [2.05, 4.69) is 52.5 Å². The third-order valence-corrected chi connectivity index (χ3v) is 10.5. The molecule has 1 fully saturated rings. The summed E-state index contributed by atoms with van der Waals surface area (Å²) in [5, 5.41) is 26.9. The van der Waals surface area contributed by atoms with E-state index in [0.717, 1.165) is 48.9 Å². The third-order valence-electron chi connectivity index (χ3n) is 8.91. The van der Waals surface area contributed by atoms with Crippen LogP contribution in [0, 0.1) is 0 Å². The highest BCUT2D eigenvalue weighted by atomic mass is 79.9. The Balaban J connectivity index is 0.000000728. The second-order valence-electron chi connectivity index (χ2n) is 14.8. The smallest absolute Gasteiger partial charge is 0.335 e. The molecular formula is C46H60Br3FO9. The average Bonchev–Trinajstić information content (AvgIpc) is 3.84. The first-order valence-electron chi connectivity index (χ1n) is 19.3. The number of benzene rings is 4. The van der Waals surface area contributed by atoms with E-state index in [9.17, 15) is 18.8 Å². The molecule has 4 aromatic rings. The van der Waals surface area contributed by atoms with Crippen molar-refractivity contribution >= 4 is 65.7 Å². The molecule has 0 saturated carbocycles. The van der Waals surface area contributed by atoms with Gasteiger partial charge < -0.3 is 29.5 Å². The van der Waals surface area contributed by atoms with Gasteiger partial charge in [-0.15, -0.1) is 0 Å². The monoisotopic (exact) mass is 1010 g/mol. The zero-order valence-electron chi connectivity index (χ0n) is 36.2. The second kappa shape index (κ2) is 28.9. The molecular weight excluding hydrogens is 955 g/mol. The highest BCUT2D eigenvalue weighted by Crippen LogP contribution is 2.26. The summed E-state index contributed by atoms with van der Waals surface area (Å²) in [7, 11) is 1.80. The quantitative estimate of drug-likeness (QED) is 0.140. The summed E-state index contributed by atoms with van der Waals surface area (Å²) in [6, 6.07) is 29.9. The number of esters is 2. The largest absolute Gasteiger partial charge is 0.478 e. The third kappa shape index (κ3) is 21.6. The standard InChI is InChI=1S/C11H13BrO2.C11H14O3.C10H13BrO.C9H9BrO2.C4H8O.CH3F/c1-11(2,10(13)14-3)8-4-6-9(12)7-5-8;1-11(2,7-12)9-5-3-8(4-6-9)10(13)14;1-10(2,7-12)8-3-5-9(11)6-4-8;1-12-9(11)6-7-2-4-8(10)5-3-7;1-2-4-5-3-1;1-2/h4-7H,1-3H3;3-6,12H,7H2,1-2H3,(H,13,14);3-6,12H,7H2,1-2H3;2-5H,6H2,1H3;1-4H2;1H3/i;;;;;1D. The van der Waals surface area contributed by atoms with E-state index in [0.29, 0.717) is 6.42 Å². The van der Waals surface area contributed by atoms with Gasteiger partial charge in [-0.3, -0.25) is 14.0 Å². The predicted molar refractivity (Wildman–Crippen MR) is 244 cm³/mol. The summed E-state index contributed by atoms with van der Waals surface area (Å²) >= 11 is 10.0. The fourth-order valence-corrected chi connectivity index (χ4v) is 5.53. The number of carbonyl (C=O) groups excluding carboxylic acids is 2. The van der Waals surface area contributed by atoms with Crippen LogP contribution in [0.1, 0.15) is 88.4 Å². The highest BCUT2D eigenvalue weighted by Gasteiger charge is 2.30. The minimum atomic E-state index is -1.00. The summed E-state index contributed by atoms with van der Waals surface area (Å²) in [6.45, 7) is 13.8. The maximum Gasteiger partial charge on any atom is 0.335 e. The fourth-order valence-electron chi connectivity index (χ4n) is 4.74. The number of rotatable bonds is 9. The van der Waals surface area contributed by atoms with Gasteiger partial charge in [0.25, 0.3) is 0 Å². The summed E-state index contributed by atoms with van der Waals surface area (Å²) < 4.78 is 32.8. The molecule has 0 radical (unpaired) electrons. The molecule has 9 nitrogen and oxygen atoms in total. The van der Waals surface area contributed by atoms with Crippen LogP contribution in [-0.2, 0) is 46.5 Å². The summed E-state index contributed by atoms with van der Waals surface area (Å²) in [5.41, 5.74) is 3.23. The van der Waals surface area contributed by atoms with Crippen LogP contribution >= 0.6 is 47.8 Å². The number of hydrogen-bond donors (Lipinski definition) is 3. The maximum atomic E-state index is 11.5. The molecule has 13 heteroatoms. The van der Waals surface area contributed by atoms with Crippen molar-refractivity contribution in [3.63, 3.8) is 0 Å². The van der Waals surface area contributed by atoms with Gasteiger partial charge in [-0.2, -0.15) is 0 Å². The molecule has 5 rings (SSSR count). The molecule has 1 aliphatic heterocycles. The Hall–Kier alpha value is -3.46. The molecule has 0 unspecified atom stereocenters. The Bertz CT molecular complexity index is 1790. The summed E-state index contributed by atoms with van der Waals surface area (Å²) in [4.78, 5) is 32.9. The molecule has 59 heavy (non-hydrogen) atoms. The number of aliphatic hydroxyl groups excluding tert-OH is 2. The number of hydrogen-bond acceptors (Lipinski definition) is 8. The van der Waals surface area contributed by atoms with Crippen LogP contribution in [0.4, 0.5) is 4.39 Å². The second-order valence-corrected chi connectivity index (χ2v) is 17.5. The number of alkyl halides is 1. The van der Waals surface area contributed by atoms with Crippen molar-refractivity contribution in [2.75, 3.05) is 47.8 Å². The zero-order chi connectivity index (χ0) is 45.9. The van der Waals surface area contributed by atoms with Gasteiger partial charge in [-0.05, 0) is 97.5 Å². The van der Waals surface area contributed by atoms with Crippen molar-refractivity contribution in [2.45, 2.75) is 77.0 Å². The molecule has 0 aromatic heterocycles. The molecule has 0 aliphatic carbocycles. The van der Waals surface area contributed by atoms with Crippen LogP contribution in [0.3, 0.4) is 0 Å². The molecule has 4 aromatic carbocycles. The van der Waals surface area contributed by atoms with Crippen LogP contribution in [0.2, 0.25) is 0 Å². The average molecular weight is 1020 g/mol. The van der Waals surface area contributed by atoms with Crippen molar-refractivity contribution in [3.05, 3.63) is 138 Å². The van der Waals surface area contributed by atoms with Crippen molar-refractivity contribution in [3.8, 4) is 0 Å². The van der Waals surface area contributed by atoms with Crippen LogP contribution < -0.4 is 0 Å². The fraction of sp³-hybridized carbons (Fsp3) is 0.413. The minimum absolute atomic E-state index is 0.0411. The number of carboxylic acids is 1. The van der Waals surface area contributed by atoms with Gasteiger partial charge in [0.2, 0.25) is 0 Å². The normalized spacial score (nSPS) is 12.0. The van der Waals surface area contributed by atoms with Crippen LogP contribution in [0.5, 0.6) is 0 Å².